The second-order valence-corrected chi connectivity index (χ2v) is 6.85. The Morgan fingerprint density at radius 1 is 1.36 bits per heavy atom. The first-order valence-corrected chi connectivity index (χ1v) is 8.61. The number of ether oxygens (including phenoxy) is 2. The molecule has 0 radical (unpaired) electrons. The van der Waals surface area contributed by atoms with Gasteiger partial charge in [-0.3, -0.25) is 9.20 Å². The predicted molar refractivity (Wildman–Crippen MR) is 89.0 cm³/mol. The maximum Gasteiger partial charge on any atom is 0.277 e. The molecule has 1 saturated carbocycles. The number of carbonyl (C=O) groups excluding carboxylic acids is 1. The van der Waals surface area contributed by atoms with Gasteiger partial charge in [0.1, 0.15) is 5.65 Å². The predicted octanol–water partition coefficient (Wildman–Crippen LogP) is 2.27. The third-order valence-corrected chi connectivity index (χ3v) is 5.81. The Morgan fingerprint density at radius 2 is 2.20 bits per heavy atom. The van der Waals surface area contributed by atoms with Crippen LogP contribution in [-0.2, 0) is 9.47 Å². The summed E-state index contributed by atoms with van der Waals surface area (Å²) in [6.45, 7) is 0.543. The zero-order valence-corrected chi connectivity index (χ0v) is 14.4. The van der Waals surface area contributed by atoms with E-state index in [1.165, 1.54) is 4.40 Å². The van der Waals surface area contributed by atoms with E-state index in [9.17, 15) is 9.18 Å². The Morgan fingerprint density at radius 3 is 2.92 bits per heavy atom. The van der Waals surface area contributed by atoms with E-state index < -0.39 is 5.95 Å². The molecular weight excluding hydrogens is 325 g/mol. The topological polar surface area (TPSA) is 56.1 Å². The first kappa shape index (κ1) is 16.5. The smallest absolute Gasteiger partial charge is 0.277 e. The third-order valence-electron chi connectivity index (χ3n) is 5.81. The van der Waals surface area contributed by atoms with Crippen molar-refractivity contribution in [3.05, 3.63) is 36.0 Å². The average molecular weight is 347 g/mol. The average Bonchev–Trinajstić information content (AvgIpc) is 3.19. The Hall–Kier alpha value is -1.99. The minimum absolute atomic E-state index is 0.0904. The van der Waals surface area contributed by atoms with Gasteiger partial charge >= 0.3 is 0 Å². The van der Waals surface area contributed by atoms with Crippen LogP contribution < -0.4 is 0 Å². The standard InChI is InChI=1S/C18H22FN3O3/c1-24-12-6-7-18(25-2)8-10-21(13(18)11-12)17(23)15-16(19)22-9-4-3-5-14(22)20-15/h3-5,9,12-13H,6-8,10-11H2,1-2H3/t12-,13+,18-/m0/s1. The van der Waals surface area contributed by atoms with E-state index >= 15 is 0 Å². The van der Waals surface area contributed by atoms with Crippen molar-refractivity contribution in [1.29, 1.82) is 0 Å². The molecule has 134 valence electrons. The van der Waals surface area contributed by atoms with Gasteiger partial charge in [-0.1, -0.05) is 6.07 Å². The molecule has 0 aromatic carbocycles. The normalized spacial score (nSPS) is 29.2. The molecule has 3 atom stereocenters. The number of pyridine rings is 1. The molecule has 1 saturated heterocycles. The zero-order valence-electron chi connectivity index (χ0n) is 14.4. The molecule has 0 N–H and O–H groups in total. The van der Waals surface area contributed by atoms with Crippen molar-refractivity contribution in [3.63, 3.8) is 0 Å². The summed E-state index contributed by atoms with van der Waals surface area (Å²) < 4.78 is 27.3. The minimum atomic E-state index is -0.616. The van der Waals surface area contributed by atoms with Crippen LogP contribution in [0.1, 0.15) is 36.2 Å². The number of amides is 1. The number of rotatable bonds is 3. The number of nitrogens with zero attached hydrogens (tertiary/aromatic N) is 3. The molecular formula is C18H22FN3O3. The second-order valence-electron chi connectivity index (χ2n) is 6.85. The molecule has 4 rings (SSSR count). The summed E-state index contributed by atoms with van der Waals surface area (Å²) in [5.74, 6) is -0.989. The molecule has 2 fully saturated rings. The van der Waals surface area contributed by atoms with Crippen LogP contribution in [0.25, 0.3) is 5.65 Å². The maximum absolute atomic E-state index is 14.7. The minimum Gasteiger partial charge on any atom is -0.381 e. The molecule has 6 nitrogen and oxygen atoms in total. The second kappa shape index (κ2) is 6.07. The van der Waals surface area contributed by atoms with Gasteiger partial charge in [0, 0.05) is 27.0 Å². The first-order valence-electron chi connectivity index (χ1n) is 8.61. The van der Waals surface area contributed by atoms with Gasteiger partial charge in [-0.05, 0) is 37.8 Å². The summed E-state index contributed by atoms with van der Waals surface area (Å²) in [4.78, 5) is 19.0. The Bertz CT molecular complexity index is 808. The molecule has 1 aliphatic carbocycles. The number of fused-ring (bicyclic) bond motifs is 2. The molecule has 0 bridgehead atoms. The van der Waals surface area contributed by atoms with Crippen molar-refractivity contribution < 1.29 is 18.7 Å². The SMILES string of the molecule is CO[C@H]1CC[C@]2(OC)CCN(C(=O)c3nc4ccccn4c3F)[C@@H]2C1. The highest BCUT2D eigenvalue weighted by atomic mass is 19.1. The van der Waals surface area contributed by atoms with Crippen molar-refractivity contribution in [1.82, 2.24) is 14.3 Å². The molecule has 0 unspecified atom stereocenters. The van der Waals surface area contributed by atoms with Crippen LogP contribution in [0.15, 0.2) is 24.4 Å². The Labute approximate surface area is 145 Å². The molecule has 2 aliphatic rings. The Balaban J connectivity index is 1.68. The molecule has 1 amide bonds. The van der Waals surface area contributed by atoms with Crippen molar-refractivity contribution in [3.8, 4) is 0 Å². The summed E-state index contributed by atoms with van der Waals surface area (Å²) in [5.41, 5.74) is -0.0584. The van der Waals surface area contributed by atoms with Gasteiger partial charge in [0.05, 0.1) is 17.7 Å². The van der Waals surface area contributed by atoms with Gasteiger partial charge in [0.2, 0.25) is 5.95 Å². The number of hydrogen-bond acceptors (Lipinski definition) is 4. The highest BCUT2D eigenvalue weighted by Crippen LogP contribution is 2.43. The monoisotopic (exact) mass is 347 g/mol. The lowest BCUT2D eigenvalue weighted by Crippen LogP contribution is -2.53. The van der Waals surface area contributed by atoms with Crippen LogP contribution in [0.2, 0.25) is 0 Å². The van der Waals surface area contributed by atoms with Gasteiger partial charge in [-0.15, -0.1) is 0 Å². The summed E-state index contributed by atoms with van der Waals surface area (Å²) in [6, 6.07) is 5.05. The Kier molecular flexibility index (Phi) is 4.00. The summed E-state index contributed by atoms with van der Waals surface area (Å²) in [5, 5.41) is 0. The lowest BCUT2D eigenvalue weighted by Gasteiger charge is -2.43. The van der Waals surface area contributed by atoms with Crippen molar-refractivity contribution in [2.75, 3.05) is 20.8 Å². The molecule has 25 heavy (non-hydrogen) atoms. The van der Waals surface area contributed by atoms with Crippen LogP contribution in [-0.4, -0.2) is 58.7 Å². The molecule has 0 spiro atoms. The first-order chi connectivity index (χ1) is 12.1. The highest BCUT2D eigenvalue weighted by molar-refractivity contribution is 5.93. The van der Waals surface area contributed by atoms with Gasteiger partial charge in [-0.25, -0.2) is 4.98 Å². The molecule has 1 aliphatic heterocycles. The van der Waals surface area contributed by atoms with E-state index in [2.05, 4.69) is 4.98 Å². The summed E-state index contributed by atoms with van der Waals surface area (Å²) in [6.07, 6.45) is 4.86. The highest BCUT2D eigenvalue weighted by Gasteiger charge is 2.53. The third kappa shape index (κ3) is 2.45. The molecule has 2 aromatic rings. The van der Waals surface area contributed by atoms with Crippen LogP contribution in [0.4, 0.5) is 4.39 Å². The lowest BCUT2D eigenvalue weighted by molar-refractivity contribution is -0.0894. The van der Waals surface area contributed by atoms with Crippen LogP contribution in [0, 0.1) is 5.95 Å². The molecule has 3 heterocycles. The van der Waals surface area contributed by atoms with Gasteiger partial charge in [-0.2, -0.15) is 4.39 Å². The quantitative estimate of drug-likeness (QED) is 0.855. The van der Waals surface area contributed by atoms with Crippen molar-refractivity contribution in [2.24, 2.45) is 0 Å². The van der Waals surface area contributed by atoms with E-state index in [4.69, 9.17) is 9.47 Å². The van der Waals surface area contributed by atoms with E-state index in [-0.39, 0.29) is 29.3 Å². The number of imidazole rings is 1. The van der Waals surface area contributed by atoms with Gasteiger partial charge in [0.15, 0.2) is 5.69 Å². The van der Waals surface area contributed by atoms with Crippen LogP contribution in [0.5, 0.6) is 0 Å². The van der Waals surface area contributed by atoms with E-state index in [0.717, 1.165) is 19.3 Å². The maximum atomic E-state index is 14.7. The van der Waals surface area contributed by atoms with Gasteiger partial charge < -0.3 is 14.4 Å². The fourth-order valence-electron chi connectivity index (χ4n) is 4.36. The van der Waals surface area contributed by atoms with E-state index in [1.54, 1.807) is 43.5 Å². The fourth-order valence-corrected chi connectivity index (χ4v) is 4.36. The van der Waals surface area contributed by atoms with E-state index in [1.807, 2.05) is 0 Å². The van der Waals surface area contributed by atoms with Gasteiger partial charge in [0.25, 0.3) is 5.91 Å². The largest absolute Gasteiger partial charge is 0.381 e. The van der Waals surface area contributed by atoms with Crippen LogP contribution in [0.3, 0.4) is 0 Å². The summed E-state index contributed by atoms with van der Waals surface area (Å²) >= 11 is 0. The lowest BCUT2D eigenvalue weighted by atomic mass is 9.79. The number of methoxy groups -OCH3 is 2. The number of halogens is 1. The van der Waals surface area contributed by atoms with Crippen molar-refractivity contribution in [2.45, 2.75) is 43.4 Å². The number of likely N-dealkylation sites (tertiary alicyclic amines) is 1. The zero-order chi connectivity index (χ0) is 17.6. The van der Waals surface area contributed by atoms with Crippen LogP contribution >= 0.6 is 0 Å². The van der Waals surface area contributed by atoms with E-state index in [0.29, 0.717) is 18.6 Å². The molecule has 7 heteroatoms. The summed E-state index contributed by atoms with van der Waals surface area (Å²) in [7, 11) is 3.38. The number of hydrogen-bond donors (Lipinski definition) is 0. The van der Waals surface area contributed by atoms with Crippen molar-refractivity contribution >= 4 is 11.6 Å². The fraction of sp³-hybridized carbons (Fsp3) is 0.556. The number of carbonyl (C=O) groups is 1. The number of aromatic nitrogens is 2. The molecule has 2 aromatic heterocycles.